The molecule has 4 rings (SSSR count). The summed E-state index contributed by atoms with van der Waals surface area (Å²) in [6, 6.07) is 9.28. The first kappa shape index (κ1) is 19.3. The molecular weight excluding hydrogens is 391 g/mol. The largest absolute Gasteiger partial charge is 0.397 e. The van der Waals surface area contributed by atoms with Crippen molar-refractivity contribution < 1.29 is 14.0 Å². The molecule has 1 atom stereocenters. The van der Waals surface area contributed by atoms with Gasteiger partial charge in [-0.25, -0.2) is 9.37 Å². The maximum atomic E-state index is 13.6. The average Bonchev–Trinajstić information content (AvgIpc) is 3.08. The van der Waals surface area contributed by atoms with Crippen molar-refractivity contribution in [3.05, 3.63) is 58.3 Å². The zero-order valence-corrected chi connectivity index (χ0v) is 16.8. The molecule has 0 radical (unpaired) electrons. The number of carbonyl (C=O) groups excluding carboxylic acids is 2. The van der Waals surface area contributed by atoms with Gasteiger partial charge in [0.05, 0.1) is 17.4 Å². The maximum absolute atomic E-state index is 13.6. The van der Waals surface area contributed by atoms with Crippen LogP contribution in [0.3, 0.4) is 0 Å². The van der Waals surface area contributed by atoms with Crippen molar-refractivity contribution in [3.63, 3.8) is 0 Å². The normalized spacial score (nSPS) is 16.8. The minimum absolute atomic E-state index is 0.198. The second-order valence-corrected chi connectivity index (χ2v) is 8.03. The summed E-state index contributed by atoms with van der Waals surface area (Å²) in [5.41, 5.74) is 7.63. The lowest BCUT2D eigenvalue weighted by Crippen LogP contribution is -2.38. The van der Waals surface area contributed by atoms with E-state index >= 15 is 0 Å². The molecule has 2 amide bonds. The van der Waals surface area contributed by atoms with Crippen LogP contribution in [-0.4, -0.2) is 35.3 Å². The number of aromatic nitrogens is 1. The number of piperidine rings is 1. The van der Waals surface area contributed by atoms with Gasteiger partial charge in [-0.15, -0.1) is 11.3 Å². The van der Waals surface area contributed by atoms with Gasteiger partial charge >= 0.3 is 0 Å². The van der Waals surface area contributed by atoms with E-state index in [0.717, 1.165) is 30.3 Å². The molecule has 3 N–H and O–H groups in total. The fourth-order valence-electron chi connectivity index (χ4n) is 3.75. The molecular formula is C21H21FN4O2S. The number of likely N-dealkylation sites (tertiary alicyclic amines) is 1. The summed E-state index contributed by atoms with van der Waals surface area (Å²) in [5, 5.41) is 3.32. The highest BCUT2D eigenvalue weighted by atomic mass is 32.1. The number of thiophene rings is 1. The third-order valence-electron chi connectivity index (χ3n) is 5.23. The monoisotopic (exact) mass is 412 g/mol. The molecule has 6 nitrogen and oxygen atoms in total. The minimum Gasteiger partial charge on any atom is -0.397 e. The van der Waals surface area contributed by atoms with Crippen LogP contribution in [0.2, 0.25) is 0 Å². The first-order valence-electron chi connectivity index (χ1n) is 9.47. The predicted octanol–water partition coefficient (Wildman–Crippen LogP) is 3.74. The molecule has 0 saturated carbocycles. The van der Waals surface area contributed by atoms with Gasteiger partial charge < -0.3 is 16.0 Å². The van der Waals surface area contributed by atoms with Crippen LogP contribution in [0, 0.1) is 5.82 Å². The second kappa shape index (κ2) is 7.79. The van der Waals surface area contributed by atoms with Gasteiger partial charge in [-0.05, 0) is 49.6 Å². The first-order valence-corrected chi connectivity index (χ1v) is 10.3. The highest BCUT2D eigenvalue weighted by molar-refractivity contribution is 7.21. The fraction of sp³-hybridized carbons (Fsp3) is 0.286. The summed E-state index contributed by atoms with van der Waals surface area (Å²) in [6.07, 6.45) is 2.66. The summed E-state index contributed by atoms with van der Waals surface area (Å²) in [5.74, 6) is -0.875. The number of rotatable bonds is 3. The number of nitrogens with zero attached hydrogens (tertiary/aromatic N) is 2. The lowest BCUT2D eigenvalue weighted by Gasteiger charge is -2.35. The van der Waals surface area contributed by atoms with Crippen LogP contribution in [0.4, 0.5) is 10.1 Å². The summed E-state index contributed by atoms with van der Waals surface area (Å²) >= 11 is 1.24. The zero-order valence-electron chi connectivity index (χ0n) is 15.9. The Hall–Kier alpha value is -3.00. The van der Waals surface area contributed by atoms with Crippen molar-refractivity contribution in [3.8, 4) is 0 Å². The Morgan fingerprint density at radius 3 is 2.86 bits per heavy atom. The van der Waals surface area contributed by atoms with E-state index in [2.05, 4.69) is 5.32 Å². The number of nitrogen functional groups attached to an aromatic ring is 1. The van der Waals surface area contributed by atoms with Crippen LogP contribution in [0.25, 0.3) is 10.2 Å². The number of benzene rings is 1. The van der Waals surface area contributed by atoms with Crippen molar-refractivity contribution in [2.45, 2.75) is 25.3 Å². The number of carbonyl (C=O) groups is 2. The van der Waals surface area contributed by atoms with Gasteiger partial charge in [0, 0.05) is 24.5 Å². The first-order chi connectivity index (χ1) is 14.0. The third kappa shape index (κ3) is 3.55. The van der Waals surface area contributed by atoms with Crippen LogP contribution >= 0.6 is 11.3 Å². The summed E-state index contributed by atoms with van der Waals surface area (Å²) < 4.78 is 13.6. The van der Waals surface area contributed by atoms with E-state index in [0.29, 0.717) is 27.5 Å². The van der Waals surface area contributed by atoms with Crippen molar-refractivity contribution in [2.24, 2.45) is 0 Å². The van der Waals surface area contributed by atoms with Gasteiger partial charge in [-0.3, -0.25) is 9.59 Å². The number of fused-ring (bicyclic) bond motifs is 1. The van der Waals surface area contributed by atoms with Gasteiger partial charge in [0.15, 0.2) is 0 Å². The fourth-order valence-corrected chi connectivity index (χ4v) is 4.80. The van der Waals surface area contributed by atoms with Crippen molar-refractivity contribution in [2.75, 3.05) is 19.3 Å². The smallest absolute Gasteiger partial charge is 0.263 e. The van der Waals surface area contributed by atoms with Gasteiger partial charge in [-0.2, -0.15) is 0 Å². The van der Waals surface area contributed by atoms with Crippen molar-refractivity contribution in [1.29, 1.82) is 0 Å². The third-order valence-corrected chi connectivity index (χ3v) is 6.34. The zero-order chi connectivity index (χ0) is 20.5. The molecule has 3 aromatic rings. The molecule has 0 bridgehead atoms. The molecule has 150 valence electrons. The SMILES string of the molecule is CNC(=O)c1sc2nc([C@H]3CCCCN3C(=O)c3cccc(F)c3)ccc2c1N. The second-order valence-electron chi connectivity index (χ2n) is 7.03. The molecule has 8 heteroatoms. The number of amides is 2. The van der Waals surface area contributed by atoms with Gasteiger partial charge in [0.1, 0.15) is 15.5 Å². The summed E-state index contributed by atoms with van der Waals surface area (Å²) in [4.78, 5) is 32.7. The number of pyridine rings is 1. The number of hydrogen-bond acceptors (Lipinski definition) is 5. The standard InChI is InChI=1S/C21H21FN4O2S/c1-24-19(27)18-17(23)14-8-9-15(25-20(14)29-18)16-7-2-3-10-26(16)21(28)12-5-4-6-13(22)11-12/h4-6,8-9,11,16H,2-3,7,10,23H2,1H3,(H,24,27)/t16-/m1/s1. The molecule has 0 spiro atoms. The van der Waals surface area contributed by atoms with Crippen LogP contribution < -0.4 is 11.1 Å². The summed E-state index contributed by atoms with van der Waals surface area (Å²) in [7, 11) is 1.56. The maximum Gasteiger partial charge on any atom is 0.263 e. The molecule has 0 aliphatic carbocycles. The highest BCUT2D eigenvalue weighted by Crippen LogP contribution is 2.36. The minimum atomic E-state index is -0.431. The quantitative estimate of drug-likeness (QED) is 0.686. The predicted molar refractivity (Wildman–Crippen MR) is 111 cm³/mol. The van der Waals surface area contributed by atoms with Crippen LogP contribution in [0.15, 0.2) is 36.4 Å². The Balaban J connectivity index is 1.70. The molecule has 1 aromatic carbocycles. The summed E-state index contributed by atoms with van der Waals surface area (Å²) in [6.45, 7) is 0.593. The number of hydrogen-bond donors (Lipinski definition) is 2. The van der Waals surface area contributed by atoms with Crippen molar-refractivity contribution >= 4 is 39.1 Å². The van der Waals surface area contributed by atoms with E-state index in [4.69, 9.17) is 10.7 Å². The lowest BCUT2D eigenvalue weighted by molar-refractivity contribution is 0.0606. The molecule has 2 aromatic heterocycles. The Labute approximate surface area is 171 Å². The molecule has 1 fully saturated rings. The molecule has 1 aliphatic rings. The van der Waals surface area contributed by atoms with Crippen molar-refractivity contribution in [1.82, 2.24) is 15.2 Å². The van der Waals surface area contributed by atoms with Gasteiger partial charge in [-0.1, -0.05) is 6.07 Å². The molecule has 1 saturated heterocycles. The molecule has 1 aliphatic heterocycles. The topological polar surface area (TPSA) is 88.3 Å². The van der Waals surface area contributed by atoms with Gasteiger partial charge in [0.25, 0.3) is 11.8 Å². The highest BCUT2D eigenvalue weighted by Gasteiger charge is 2.30. The number of nitrogens with one attached hydrogen (secondary N) is 1. The lowest BCUT2D eigenvalue weighted by atomic mass is 9.97. The Bertz CT molecular complexity index is 1100. The Morgan fingerprint density at radius 2 is 2.10 bits per heavy atom. The van der Waals surface area contributed by atoms with Crippen LogP contribution in [-0.2, 0) is 0 Å². The van der Waals surface area contributed by atoms with Crippen LogP contribution in [0.5, 0.6) is 0 Å². The average molecular weight is 412 g/mol. The van der Waals surface area contributed by atoms with E-state index in [-0.39, 0.29) is 17.9 Å². The number of halogens is 1. The van der Waals surface area contributed by atoms with E-state index in [9.17, 15) is 14.0 Å². The Kier molecular flexibility index (Phi) is 5.19. The van der Waals surface area contributed by atoms with Crippen LogP contribution in [0.1, 0.15) is 51.0 Å². The molecule has 3 heterocycles. The van der Waals surface area contributed by atoms with E-state index in [1.54, 1.807) is 24.1 Å². The van der Waals surface area contributed by atoms with E-state index in [1.165, 1.54) is 23.5 Å². The number of nitrogens with two attached hydrogens (primary N) is 1. The number of anilines is 1. The van der Waals surface area contributed by atoms with Gasteiger partial charge in [0.2, 0.25) is 0 Å². The molecule has 29 heavy (non-hydrogen) atoms. The Morgan fingerprint density at radius 1 is 1.28 bits per heavy atom. The van der Waals surface area contributed by atoms with E-state index < -0.39 is 5.82 Å². The van der Waals surface area contributed by atoms with E-state index in [1.807, 2.05) is 12.1 Å². The molecule has 0 unspecified atom stereocenters.